The number of carboxylic acids is 1. The lowest BCUT2D eigenvalue weighted by Gasteiger charge is -2.28. The number of nitrogens with two attached hydrogens (primary N) is 1. The van der Waals surface area contributed by atoms with Gasteiger partial charge in [-0.15, -0.1) is 0 Å². The Morgan fingerprint density at radius 1 is 0.833 bits per heavy atom. The average Bonchev–Trinajstić information content (AvgIpc) is 3.21. The zero-order valence-electron chi connectivity index (χ0n) is 21.8. The van der Waals surface area contributed by atoms with Gasteiger partial charge in [-0.3, -0.25) is 14.4 Å². The Balaban J connectivity index is 2.30. The van der Waals surface area contributed by atoms with Crippen LogP contribution in [0, 0.1) is 17.8 Å². The molecule has 4 atom stereocenters. The maximum absolute atomic E-state index is 13.4. The number of aromatic amines is 1. The molecule has 0 saturated carbocycles. The Hall–Kier alpha value is -3.40. The van der Waals surface area contributed by atoms with Gasteiger partial charge in [-0.05, 0) is 29.4 Å². The van der Waals surface area contributed by atoms with Crippen molar-refractivity contribution in [3.05, 3.63) is 36.0 Å². The normalized spacial score (nSPS) is 14.9. The Morgan fingerprint density at radius 3 is 1.97 bits per heavy atom. The van der Waals surface area contributed by atoms with Crippen LogP contribution in [0.15, 0.2) is 30.5 Å². The standard InChI is InChI=1S/C26H39N5O5/c1-13(2)20(27)24(33)29-19(11-16-12-28-18-10-8-7-9-17(16)18)23(32)30-21(14(3)4)25(34)31-22(15(5)6)26(35)36/h7-10,12-15,19-22,28H,11,27H2,1-6H3,(H,29,33)(H,30,32)(H,31,34)(H,35,36). The van der Waals surface area contributed by atoms with Crippen LogP contribution < -0.4 is 21.7 Å². The molecule has 36 heavy (non-hydrogen) atoms. The van der Waals surface area contributed by atoms with Crippen LogP contribution in [0.3, 0.4) is 0 Å². The Morgan fingerprint density at radius 2 is 1.42 bits per heavy atom. The average molecular weight is 502 g/mol. The van der Waals surface area contributed by atoms with Crippen LogP contribution in [0.2, 0.25) is 0 Å². The fourth-order valence-electron chi connectivity index (χ4n) is 3.85. The highest BCUT2D eigenvalue weighted by Gasteiger charge is 2.33. The van der Waals surface area contributed by atoms with Crippen LogP contribution in [0.5, 0.6) is 0 Å². The van der Waals surface area contributed by atoms with Gasteiger partial charge in [-0.1, -0.05) is 59.7 Å². The molecule has 0 bridgehead atoms. The third-order valence-electron chi connectivity index (χ3n) is 6.23. The van der Waals surface area contributed by atoms with E-state index in [0.29, 0.717) is 0 Å². The van der Waals surface area contributed by atoms with Crippen LogP contribution in [0.25, 0.3) is 10.9 Å². The summed E-state index contributed by atoms with van der Waals surface area (Å²) in [6.07, 6.45) is 1.95. The second kappa shape index (κ2) is 12.5. The quantitative estimate of drug-likeness (QED) is 0.258. The minimum absolute atomic E-state index is 0.139. The van der Waals surface area contributed by atoms with E-state index in [1.807, 2.05) is 38.1 Å². The molecule has 0 aliphatic heterocycles. The Bertz CT molecular complexity index is 1080. The molecule has 10 heteroatoms. The van der Waals surface area contributed by atoms with E-state index in [-0.39, 0.29) is 24.2 Å². The number of hydrogen-bond donors (Lipinski definition) is 6. The van der Waals surface area contributed by atoms with E-state index in [1.54, 1.807) is 33.9 Å². The first-order valence-electron chi connectivity index (χ1n) is 12.3. The Kier molecular flexibility index (Phi) is 10.0. The second-order valence-electron chi connectivity index (χ2n) is 10.2. The van der Waals surface area contributed by atoms with E-state index < -0.39 is 47.9 Å². The van der Waals surface area contributed by atoms with E-state index in [0.717, 1.165) is 16.5 Å². The number of carbonyl (C=O) groups is 4. The number of nitrogens with one attached hydrogen (secondary N) is 4. The maximum Gasteiger partial charge on any atom is 0.326 e. The highest BCUT2D eigenvalue weighted by molar-refractivity contribution is 5.95. The third-order valence-corrected chi connectivity index (χ3v) is 6.23. The summed E-state index contributed by atoms with van der Waals surface area (Å²) in [5.74, 6) is -3.61. The van der Waals surface area contributed by atoms with Gasteiger partial charge in [0.2, 0.25) is 17.7 Å². The number of H-pyrrole nitrogens is 1. The lowest BCUT2D eigenvalue weighted by atomic mass is 9.98. The van der Waals surface area contributed by atoms with Gasteiger partial charge in [0.25, 0.3) is 0 Å². The van der Waals surface area contributed by atoms with Gasteiger partial charge in [-0.25, -0.2) is 4.79 Å². The van der Waals surface area contributed by atoms with Crippen molar-refractivity contribution >= 4 is 34.6 Å². The van der Waals surface area contributed by atoms with Gasteiger partial charge in [0.1, 0.15) is 18.1 Å². The largest absolute Gasteiger partial charge is 0.480 e. The number of amides is 3. The molecule has 1 heterocycles. The molecule has 198 valence electrons. The molecule has 2 rings (SSSR count). The highest BCUT2D eigenvalue weighted by Crippen LogP contribution is 2.19. The van der Waals surface area contributed by atoms with Crippen molar-refractivity contribution in [1.82, 2.24) is 20.9 Å². The summed E-state index contributed by atoms with van der Waals surface area (Å²) in [5.41, 5.74) is 7.73. The molecule has 3 amide bonds. The smallest absolute Gasteiger partial charge is 0.326 e. The number of carboxylic acid groups (broad SMARTS) is 1. The van der Waals surface area contributed by atoms with Crippen molar-refractivity contribution in [2.24, 2.45) is 23.5 Å². The number of rotatable bonds is 12. The SMILES string of the molecule is CC(C)C(N)C(=O)NC(Cc1c[nH]c2ccccc12)C(=O)NC(C(=O)NC(C(=O)O)C(C)C)C(C)C. The number of para-hydroxylation sites is 1. The molecule has 7 N–H and O–H groups in total. The van der Waals surface area contributed by atoms with Crippen molar-refractivity contribution in [3.63, 3.8) is 0 Å². The minimum atomic E-state index is -1.15. The van der Waals surface area contributed by atoms with Gasteiger partial charge < -0.3 is 31.8 Å². The summed E-state index contributed by atoms with van der Waals surface area (Å²) in [4.78, 5) is 53.9. The van der Waals surface area contributed by atoms with Crippen molar-refractivity contribution in [2.75, 3.05) is 0 Å². The highest BCUT2D eigenvalue weighted by atomic mass is 16.4. The monoisotopic (exact) mass is 501 g/mol. The first-order chi connectivity index (χ1) is 16.8. The number of benzene rings is 1. The van der Waals surface area contributed by atoms with Gasteiger partial charge >= 0.3 is 5.97 Å². The van der Waals surface area contributed by atoms with Crippen molar-refractivity contribution in [3.8, 4) is 0 Å². The van der Waals surface area contributed by atoms with Crippen LogP contribution in [-0.2, 0) is 25.6 Å². The molecule has 0 spiro atoms. The predicted molar refractivity (Wildman–Crippen MR) is 138 cm³/mol. The lowest BCUT2D eigenvalue weighted by molar-refractivity contribution is -0.143. The topological polar surface area (TPSA) is 166 Å². The molecule has 0 fully saturated rings. The summed E-state index contributed by atoms with van der Waals surface area (Å²) < 4.78 is 0. The first-order valence-corrected chi connectivity index (χ1v) is 12.3. The lowest BCUT2D eigenvalue weighted by Crippen LogP contribution is -2.59. The molecule has 4 unspecified atom stereocenters. The Labute approximate surface area is 211 Å². The zero-order chi connectivity index (χ0) is 27.2. The van der Waals surface area contributed by atoms with Crippen LogP contribution in [0.1, 0.15) is 47.1 Å². The van der Waals surface area contributed by atoms with Gasteiger partial charge in [0.05, 0.1) is 6.04 Å². The van der Waals surface area contributed by atoms with E-state index in [9.17, 15) is 24.3 Å². The second-order valence-corrected chi connectivity index (χ2v) is 10.2. The number of hydrogen-bond acceptors (Lipinski definition) is 5. The minimum Gasteiger partial charge on any atom is -0.480 e. The molecular formula is C26H39N5O5. The molecule has 2 aromatic rings. The van der Waals surface area contributed by atoms with Gasteiger partial charge in [-0.2, -0.15) is 0 Å². The van der Waals surface area contributed by atoms with Crippen molar-refractivity contribution in [1.29, 1.82) is 0 Å². The van der Waals surface area contributed by atoms with E-state index in [1.165, 1.54) is 0 Å². The number of aliphatic carboxylic acids is 1. The number of fused-ring (bicyclic) bond motifs is 1. The zero-order valence-corrected chi connectivity index (χ0v) is 21.8. The summed E-state index contributed by atoms with van der Waals surface area (Å²) in [5, 5.41) is 18.3. The maximum atomic E-state index is 13.4. The molecule has 0 aliphatic carbocycles. The predicted octanol–water partition coefficient (Wildman–Crippen LogP) is 1.54. The molecular weight excluding hydrogens is 462 g/mol. The molecule has 0 radical (unpaired) electrons. The summed E-state index contributed by atoms with van der Waals surface area (Å²) >= 11 is 0. The van der Waals surface area contributed by atoms with E-state index >= 15 is 0 Å². The summed E-state index contributed by atoms with van der Waals surface area (Å²) in [7, 11) is 0. The molecule has 1 aromatic heterocycles. The number of carbonyl (C=O) groups excluding carboxylic acids is 3. The molecule has 0 saturated heterocycles. The van der Waals surface area contributed by atoms with Crippen LogP contribution >= 0.6 is 0 Å². The number of aromatic nitrogens is 1. The van der Waals surface area contributed by atoms with E-state index in [2.05, 4.69) is 20.9 Å². The van der Waals surface area contributed by atoms with Crippen molar-refractivity contribution in [2.45, 2.75) is 72.1 Å². The van der Waals surface area contributed by atoms with Gasteiger partial charge in [0, 0.05) is 23.5 Å². The third kappa shape index (κ3) is 7.30. The molecule has 0 aliphatic rings. The van der Waals surface area contributed by atoms with Crippen LogP contribution in [-0.4, -0.2) is 57.9 Å². The van der Waals surface area contributed by atoms with E-state index in [4.69, 9.17) is 5.73 Å². The van der Waals surface area contributed by atoms with Gasteiger partial charge in [0.15, 0.2) is 0 Å². The molecule has 1 aromatic carbocycles. The van der Waals surface area contributed by atoms with Crippen LogP contribution in [0.4, 0.5) is 0 Å². The fraction of sp³-hybridized carbons (Fsp3) is 0.538. The summed E-state index contributed by atoms with van der Waals surface area (Å²) in [6.45, 7) is 10.5. The summed E-state index contributed by atoms with van der Waals surface area (Å²) in [6, 6.07) is 3.69. The first kappa shape index (κ1) is 28.8. The fourth-order valence-corrected chi connectivity index (χ4v) is 3.85. The van der Waals surface area contributed by atoms with Crippen molar-refractivity contribution < 1.29 is 24.3 Å². The molecule has 10 nitrogen and oxygen atoms in total.